The van der Waals surface area contributed by atoms with E-state index in [4.69, 9.17) is 28.5 Å². The van der Waals surface area contributed by atoms with Crippen molar-refractivity contribution in [2.45, 2.75) is 78.2 Å². The molecule has 0 radical (unpaired) electrons. The number of nitrogens with zero attached hydrogens (tertiary/aromatic N) is 2. The first kappa shape index (κ1) is 27.9. The van der Waals surface area contributed by atoms with Crippen molar-refractivity contribution in [2.24, 2.45) is 0 Å². The van der Waals surface area contributed by atoms with Gasteiger partial charge in [-0.3, -0.25) is 0 Å². The van der Waals surface area contributed by atoms with Crippen LogP contribution in [0.1, 0.15) is 80.4 Å². The lowest BCUT2D eigenvalue weighted by Gasteiger charge is -2.32. The van der Waals surface area contributed by atoms with E-state index >= 15 is 0 Å². The summed E-state index contributed by atoms with van der Waals surface area (Å²) in [5, 5.41) is 0. The van der Waals surface area contributed by atoms with Gasteiger partial charge in [-0.15, -0.1) is 0 Å². The summed E-state index contributed by atoms with van der Waals surface area (Å²) in [5.41, 5.74) is 1.10. The van der Waals surface area contributed by atoms with Crippen LogP contribution in [0.25, 0.3) is 0 Å². The molecule has 4 rings (SSSR count). The zero-order chi connectivity index (χ0) is 28.0. The van der Waals surface area contributed by atoms with E-state index in [0.29, 0.717) is 42.1 Å². The first-order valence-electron chi connectivity index (χ1n) is 12.8. The van der Waals surface area contributed by atoms with Gasteiger partial charge in [0.15, 0.2) is 5.69 Å². The van der Waals surface area contributed by atoms with E-state index in [1.807, 2.05) is 71.6 Å². The Kier molecular flexibility index (Phi) is 7.27. The van der Waals surface area contributed by atoms with Crippen LogP contribution in [0.5, 0.6) is 5.75 Å². The summed E-state index contributed by atoms with van der Waals surface area (Å²) in [6.07, 6.45) is 0.666. The highest BCUT2D eigenvalue weighted by atomic mass is 16.7. The van der Waals surface area contributed by atoms with Crippen LogP contribution in [-0.4, -0.2) is 61.6 Å². The van der Waals surface area contributed by atoms with Crippen molar-refractivity contribution < 1.29 is 33.1 Å². The minimum atomic E-state index is -0.774. The van der Waals surface area contributed by atoms with Crippen molar-refractivity contribution in [3.8, 4) is 5.75 Å². The van der Waals surface area contributed by atoms with Crippen molar-refractivity contribution in [1.82, 2.24) is 4.98 Å². The Bertz CT molecular complexity index is 1240. The fourth-order valence-corrected chi connectivity index (χ4v) is 4.53. The van der Waals surface area contributed by atoms with Gasteiger partial charge >= 0.3 is 19.1 Å². The van der Waals surface area contributed by atoms with Gasteiger partial charge in [0.05, 0.1) is 31.0 Å². The largest absolute Gasteiger partial charge is 0.497 e. The predicted molar refractivity (Wildman–Crippen MR) is 144 cm³/mol. The standard InChI is InChI=1S/C28H37BN2O7/c1-26(2,3)36-25(33)23-21(29-37-27(4,5)28(6,7)38-29)10-11-22(30-23)31-13-12-17-14-18(34-8)15-19(20(17)16-31)24(32)35-9/h10-11,14-15H,12-13,16H2,1-9H3. The summed E-state index contributed by atoms with van der Waals surface area (Å²) >= 11 is 0. The van der Waals surface area contributed by atoms with E-state index in [1.54, 1.807) is 13.2 Å². The molecule has 1 aromatic heterocycles. The van der Waals surface area contributed by atoms with Gasteiger partial charge in [0, 0.05) is 18.6 Å². The number of benzene rings is 1. The van der Waals surface area contributed by atoms with Gasteiger partial charge in [0.25, 0.3) is 0 Å². The molecule has 0 bridgehead atoms. The lowest BCUT2D eigenvalue weighted by molar-refractivity contribution is 0.00578. The van der Waals surface area contributed by atoms with Gasteiger partial charge in [-0.2, -0.15) is 0 Å². The molecule has 9 nitrogen and oxygen atoms in total. The lowest BCUT2D eigenvalue weighted by atomic mass is 9.77. The molecular weight excluding hydrogens is 487 g/mol. The van der Waals surface area contributed by atoms with Crippen molar-refractivity contribution in [3.63, 3.8) is 0 Å². The molecule has 0 saturated carbocycles. The molecular formula is C28H37BN2O7. The number of pyridine rings is 1. The second kappa shape index (κ2) is 9.89. The van der Waals surface area contributed by atoms with Gasteiger partial charge in [0.2, 0.25) is 0 Å². The molecule has 1 saturated heterocycles. The first-order valence-corrected chi connectivity index (χ1v) is 12.8. The summed E-state index contributed by atoms with van der Waals surface area (Å²) in [6, 6.07) is 7.30. The zero-order valence-electron chi connectivity index (χ0n) is 23.8. The Balaban J connectivity index is 1.73. The number of anilines is 1. The first-order chi connectivity index (χ1) is 17.7. The molecule has 0 spiro atoms. The Labute approximate surface area is 224 Å². The number of aromatic nitrogens is 1. The average Bonchev–Trinajstić information content (AvgIpc) is 3.07. The molecule has 38 heavy (non-hydrogen) atoms. The summed E-state index contributed by atoms with van der Waals surface area (Å²) in [6.45, 7) is 14.3. The zero-order valence-corrected chi connectivity index (χ0v) is 23.8. The molecule has 2 aromatic rings. The number of rotatable bonds is 5. The number of carbonyl (C=O) groups is 2. The molecule has 0 unspecified atom stereocenters. The molecule has 1 fully saturated rings. The molecule has 3 heterocycles. The molecule has 204 valence electrons. The van der Waals surface area contributed by atoms with Crippen LogP contribution >= 0.6 is 0 Å². The second-order valence-corrected chi connectivity index (χ2v) is 11.7. The Morgan fingerprint density at radius 2 is 1.68 bits per heavy atom. The highest BCUT2D eigenvalue weighted by Gasteiger charge is 2.53. The molecule has 0 aliphatic carbocycles. The second-order valence-electron chi connectivity index (χ2n) is 11.7. The maximum atomic E-state index is 13.4. The van der Waals surface area contributed by atoms with Crippen molar-refractivity contribution in [3.05, 3.63) is 46.6 Å². The predicted octanol–water partition coefficient (Wildman–Crippen LogP) is 3.69. The maximum absolute atomic E-state index is 13.4. The fourth-order valence-electron chi connectivity index (χ4n) is 4.53. The topological polar surface area (TPSA) is 96.4 Å². The minimum absolute atomic E-state index is 0.143. The van der Waals surface area contributed by atoms with E-state index in [2.05, 4.69) is 0 Å². The summed E-state index contributed by atoms with van der Waals surface area (Å²) < 4.78 is 28.6. The van der Waals surface area contributed by atoms with E-state index in [-0.39, 0.29) is 5.69 Å². The van der Waals surface area contributed by atoms with Gasteiger partial charge < -0.3 is 28.4 Å². The number of methoxy groups -OCH3 is 2. The molecule has 0 amide bonds. The number of esters is 2. The quantitative estimate of drug-likeness (QED) is 0.429. The molecule has 2 aliphatic rings. The van der Waals surface area contributed by atoms with Crippen LogP contribution in [-0.2, 0) is 31.7 Å². The van der Waals surface area contributed by atoms with E-state index in [1.165, 1.54) is 7.11 Å². The maximum Gasteiger partial charge on any atom is 0.497 e. The normalized spacial score (nSPS) is 18.1. The molecule has 2 aliphatic heterocycles. The van der Waals surface area contributed by atoms with Crippen molar-refractivity contribution >= 4 is 30.3 Å². The van der Waals surface area contributed by atoms with Crippen LogP contribution in [0, 0.1) is 0 Å². The van der Waals surface area contributed by atoms with E-state index < -0.39 is 35.9 Å². The number of hydrogen-bond acceptors (Lipinski definition) is 9. The summed E-state index contributed by atoms with van der Waals surface area (Å²) in [4.78, 5) is 32.7. The number of fused-ring (bicyclic) bond motifs is 1. The van der Waals surface area contributed by atoms with Gasteiger partial charge in [-0.1, -0.05) is 6.07 Å². The molecule has 0 N–H and O–H groups in total. The van der Waals surface area contributed by atoms with Gasteiger partial charge in [0.1, 0.15) is 17.2 Å². The Hall–Kier alpha value is -3.11. The van der Waals surface area contributed by atoms with Gasteiger partial charge in [-0.05, 0) is 84.2 Å². The monoisotopic (exact) mass is 524 g/mol. The van der Waals surface area contributed by atoms with E-state index in [0.717, 1.165) is 11.1 Å². The fraction of sp³-hybridized carbons (Fsp3) is 0.536. The third-order valence-electron chi connectivity index (χ3n) is 7.29. The van der Waals surface area contributed by atoms with Crippen LogP contribution in [0.4, 0.5) is 5.82 Å². The summed E-state index contributed by atoms with van der Waals surface area (Å²) in [5.74, 6) is 0.208. The van der Waals surface area contributed by atoms with Crippen LogP contribution < -0.4 is 15.1 Å². The number of ether oxygens (including phenoxy) is 3. The van der Waals surface area contributed by atoms with E-state index in [9.17, 15) is 9.59 Å². The third-order valence-corrected chi connectivity index (χ3v) is 7.29. The Morgan fingerprint density at radius 1 is 1.03 bits per heavy atom. The number of hydrogen-bond donors (Lipinski definition) is 0. The van der Waals surface area contributed by atoms with Gasteiger partial charge in [-0.25, -0.2) is 14.6 Å². The van der Waals surface area contributed by atoms with Crippen molar-refractivity contribution in [1.29, 1.82) is 0 Å². The number of carbonyl (C=O) groups excluding carboxylic acids is 2. The molecule has 10 heteroatoms. The van der Waals surface area contributed by atoms with Crippen molar-refractivity contribution in [2.75, 3.05) is 25.7 Å². The Morgan fingerprint density at radius 3 is 2.26 bits per heavy atom. The SMILES string of the molecule is COC(=O)c1cc(OC)cc2c1CN(c1ccc(B3OC(C)(C)C(C)(C)O3)c(C(=O)OC(C)(C)C)n1)CC2. The smallest absolute Gasteiger partial charge is 0.497 e. The lowest BCUT2D eigenvalue weighted by Crippen LogP contribution is -2.41. The third kappa shape index (κ3) is 5.38. The molecule has 0 atom stereocenters. The molecule has 1 aromatic carbocycles. The summed E-state index contributed by atoms with van der Waals surface area (Å²) in [7, 11) is 2.16. The average molecular weight is 524 g/mol. The van der Waals surface area contributed by atoms with Crippen LogP contribution in [0.3, 0.4) is 0 Å². The minimum Gasteiger partial charge on any atom is -0.497 e. The van der Waals surface area contributed by atoms with Crippen LogP contribution in [0.2, 0.25) is 0 Å². The highest BCUT2D eigenvalue weighted by molar-refractivity contribution is 6.63. The van der Waals surface area contributed by atoms with Crippen LogP contribution in [0.15, 0.2) is 24.3 Å². The highest BCUT2D eigenvalue weighted by Crippen LogP contribution is 2.37.